The van der Waals surface area contributed by atoms with Crippen molar-refractivity contribution in [2.24, 2.45) is 0 Å². The van der Waals surface area contributed by atoms with Crippen LogP contribution in [0.3, 0.4) is 0 Å². The molecule has 2 rings (SSSR count). The first-order valence-corrected chi connectivity index (χ1v) is 5.32. The third-order valence-electron chi connectivity index (χ3n) is 2.38. The number of urea groups is 1. The molecule has 0 spiro atoms. The molecule has 0 fully saturated rings. The van der Waals surface area contributed by atoms with Crippen LogP contribution < -0.4 is 10.6 Å². The number of benzene rings is 1. The number of anilines is 1. The largest absolute Gasteiger partial charge is 0.328 e. The Hall–Kier alpha value is -2.63. The second-order valence-electron chi connectivity index (χ2n) is 3.70. The number of nitro benzene ring substituents is 1. The van der Waals surface area contributed by atoms with Gasteiger partial charge in [0.2, 0.25) is 0 Å². The molecule has 1 aliphatic carbocycles. The van der Waals surface area contributed by atoms with E-state index >= 15 is 0 Å². The molecule has 1 aromatic carbocycles. The normalized spacial score (nSPS) is 13.6. The minimum atomic E-state index is -0.488. The Kier molecular flexibility index (Phi) is 3.38. The van der Waals surface area contributed by atoms with Crippen molar-refractivity contribution in [3.63, 3.8) is 0 Å². The van der Waals surface area contributed by atoms with Gasteiger partial charge in [-0.1, -0.05) is 24.3 Å². The van der Waals surface area contributed by atoms with E-state index in [1.54, 1.807) is 0 Å². The van der Waals surface area contributed by atoms with Gasteiger partial charge in [0, 0.05) is 17.8 Å². The zero-order valence-corrected chi connectivity index (χ0v) is 9.37. The molecule has 0 saturated carbocycles. The fourth-order valence-electron chi connectivity index (χ4n) is 1.51. The average molecular weight is 245 g/mol. The summed E-state index contributed by atoms with van der Waals surface area (Å²) in [6, 6.07) is 5.18. The van der Waals surface area contributed by atoms with Gasteiger partial charge in [-0.25, -0.2) is 4.79 Å². The highest BCUT2D eigenvalue weighted by Gasteiger charge is 2.09. The van der Waals surface area contributed by atoms with Crippen molar-refractivity contribution in [1.82, 2.24) is 5.32 Å². The lowest BCUT2D eigenvalue weighted by atomic mass is 10.3. The number of rotatable bonds is 3. The fourth-order valence-corrected chi connectivity index (χ4v) is 1.51. The summed E-state index contributed by atoms with van der Waals surface area (Å²) in [6.07, 6.45) is 7.37. The molecular weight excluding hydrogens is 234 g/mol. The van der Waals surface area contributed by atoms with Gasteiger partial charge in [0.05, 0.1) is 11.0 Å². The highest BCUT2D eigenvalue weighted by Crippen LogP contribution is 2.15. The van der Waals surface area contributed by atoms with Gasteiger partial charge in [0.1, 0.15) is 0 Å². The SMILES string of the molecule is O=C(Nc1ccc([N+](=O)[O-])cc1)NC1C=CC=C1. The Morgan fingerprint density at radius 1 is 1.17 bits per heavy atom. The van der Waals surface area contributed by atoms with Crippen LogP contribution in [-0.2, 0) is 0 Å². The maximum Gasteiger partial charge on any atom is 0.319 e. The first-order chi connectivity index (χ1) is 8.65. The molecule has 0 radical (unpaired) electrons. The van der Waals surface area contributed by atoms with Crippen LogP contribution in [0, 0.1) is 10.1 Å². The predicted molar refractivity (Wildman–Crippen MR) is 67.3 cm³/mol. The number of nitrogens with zero attached hydrogens (tertiary/aromatic N) is 1. The summed E-state index contributed by atoms with van der Waals surface area (Å²) in [5, 5.41) is 15.8. The van der Waals surface area contributed by atoms with Gasteiger partial charge < -0.3 is 10.6 Å². The highest BCUT2D eigenvalue weighted by atomic mass is 16.6. The van der Waals surface area contributed by atoms with E-state index in [0.717, 1.165) is 0 Å². The molecule has 2 N–H and O–H groups in total. The third kappa shape index (κ3) is 2.94. The topological polar surface area (TPSA) is 84.3 Å². The second kappa shape index (κ2) is 5.13. The summed E-state index contributed by atoms with van der Waals surface area (Å²) in [5.41, 5.74) is 0.492. The standard InChI is InChI=1S/C12H11N3O3/c16-12(13-9-3-1-2-4-9)14-10-5-7-11(8-6-10)15(17)18/h1-9H,(H2,13,14,16). The van der Waals surface area contributed by atoms with E-state index in [1.807, 2.05) is 24.3 Å². The smallest absolute Gasteiger partial charge is 0.319 e. The van der Waals surface area contributed by atoms with E-state index in [4.69, 9.17) is 0 Å². The van der Waals surface area contributed by atoms with Gasteiger partial charge in [-0.2, -0.15) is 0 Å². The molecule has 0 unspecified atom stereocenters. The first kappa shape index (κ1) is 11.8. The molecule has 1 aliphatic rings. The molecule has 1 aromatic rings. The molecule has 0 atom stereocenters. The number of carbonyl (C=O) groups is 1. The molecule has 0 aromatic heterocycles. The monoisotopic (exact) mass is 245 g/mol. The summed E-state index contributed by atoms with van der Waals surface area (Å²) >= 11 is 0. The van der Waals surface area contributed by atoms with Gasteiger partial charge in [-0.3, -0.25) is 10.1 Å². The van der Waals surface area contributed by atoms with Crippen LogP contribution in [0.1, 0.15) is 0 Å². The van der Waals surface area contributed by atoms with Crippen molar-refractivity contribution in [1.29, 1.82) is 0 Å². The Balaban J connectivity index is 1.92. The van der Waals surface area contributed by atoms with Gasteiger partial charge in [0.25, 0.3) is 5.69 Å². The molecule has 0 heterocycles. The van der Waals surface area contributed by atoms with E-state index in [9.17, 15) is 14.9 Å². The lowest BCUT2D eigenvalue weighted by Crippen LogP contribution is -2.34. The van der Waals surface area contributed by atoms with Crippen LogP contribution in [0.5, 0.6) is 0 Å². The van der Waals surface area contributed by atoms with Gasteiger partial charge in [-0.05, 0) is 12.1 Å². The van der Waals surface area contributed by atoms with Crippen LogP contribution in [0.4, 0.5) is 16.2 Å². The van der Waals surface area contributed by atoms with Crippen LogP contribution in [-0.4, -0.2) is 17.0 Å². The van der Waals surface area contributed by atoms with Crippen LogP contribution in [0.25, 0.3) is 0 Å². The minimum absolute atomic E-state index is 0.0115. The quantitative estimate of drug-likeness (QED) is 0.632. The Morgan fingerprint density at radius 3 is 2.33 bits per heavy atom. The second-order valence-corrected chi connectivity index (χ2v) is 3.70. The molecule has 92 valence electrons. The zero-order chi connectivity index (χ0) is 13.0. The minimum Gasteiger partial charge on any atom is -0.328 e. The summed E-state index contributed by atoms with van der Waals surface area (Å²) in [7, 11) is 0. The van der Waals surface area contributed by atoms with Crippen molar-refractivity contribution in [3.8, 4) is 0 Å². The van der Waals surface area contributed by atoms with Crippen LogP contribution in [0.2, 0.25) is 0 Å². The molecule has 2 amide bonds. The predicted octanol–water partition coefficient (Wildman–Crippen LogP) is 2.21. The Morgan fingerprint density at radius 2 is 1.78 bits per heavy atom. The summed E-state index contributed by atoms with van der Waals surface area (Å²) in [5.74, 6) is 0. The van der Waals surface area contributed by atoms with Crippen molar-refractivity contribution in [2.75, 3.05) is 5.32 Å². The summed E-state index contributed by atoms with van der Waals surface area (Å²) < 4.78 is 0. The van der Waals surface area contributed by atoms with E-state index in [-0.39, 0.29) is 17.8 Å². The summed E-state index contributed by atoms with van der Waals surface area (Å²) in [4.78, 5) is 21.5. The van der Waals surface area contributed by atoms with Gasteiger partial charge >= 0.3 is 6.03 Å². The highest BCUT2D eigenvalue weighted by molar-refractivity contribution is 5.89. The first-order valence-electron chi connectivity index (χ1n) is 5.32. The van der Waals surface area contributed by atoms with Crippen molar-refractivity contribution >= 4 is 17.4 Å². The van der Waals surface area contributed by atoms with E-state index < -0.39 is 4.92 Å². The molecule has 6 nitrogen and oxygen atoms in total. The number of non-ortho nitro benzene ring substituents is 1. The number of hydrogen-bond donors (Lipinski definition) is 2. The number of amides is 2. The Labute approximate surface area is 103 Å². The number of carbonyl (C=O) groups excluding carboxylic acids is 1. The van der Waals surface area contributed by atoms with Crippen molar-refractivity contribution in [2.45, 2.75) is 6.04 Å². The van der Waals surface area contributed by atoms with Crippen LogP contribution >= 0.6 is 0 Å². The summed E-state index contributed by atoms with van der Waals surface area (Å²) in [6.45, 7) is 0. The lowest BCUT2D eigenvalue weighted by Gasteiger charge is -2.10. The number of nitro groups is 1. The van der Waals surface area contributed by atoms with E-state index in [2.05, 4.69) is 10.6 Å². The molecule has 18 heavy (non-hydrogen) atoms. The molecule has 0 aliphatic heterocycles. The fraction of sp³-hybridized carbons (Fsp3) is 0.0833. The number of hydrogen-bond acceptors (Lipinski definition) is 3. The van der Waals surface area contributed by atoms with Crippen molar-refractivity contribution in [3.05, 3.63) is 58.7 Å². The molecule has 0 saturated heterocycles. The number of nitrogens with one attached hydrogen (secondary N) is 2. The third-order valence-corrected chi connectivity index (χ3v) is 2.38. The Bertz CT molecular complexity index is 508. The zero-order valence-electron chi connectivity index (χ0n) is 9.37. The molecule has 0 bridgehead atoms. The maximum atomic E-state index is 11.6. The molecular formula is C12H11N3O3. The van der Waals surface area contributed by atoms with Crippen molar-refractivity contribution < 1.29 is 9.72 Å². The van der Waals surface area contributed by atoms with E-state index in [1.165, 1.54) is 24.3 Å². The molecule has 6 heteroatoms. The van der Waals surface area contributed by atoms with E-state index in [0.29, 0.717) is 5.69 Å². The van der Waals surface area contributed by atoms with Crippen LogP contribution in [0.15, 0.2) is 48.6 Å². The maximum absolute atomic E-state index is 11.6. The van der Waals surface area contributed by atoms with Gasteiger partial charge in [0.15, 0.2) is 0 Å². The van der Waals surface area contributed by atoms with Gasteiger partial charge in [-0.15, -0.1) is 0 Å². The lowest BCUT2D eigenvalue weighted by molar-refractivity contribution is -0.384. The number of allylic oxidation sites excluding steroid dienone is 2. The average Bonchev–Trinajstić information content (AvgIpc) is 2.82.